The Morgan fingerprint density at radius 2 is 1.96 bits per heavy atom. The minimum absolute atomic E-state index is 0. The maximum Gasteiger partial charge on any atom is 0.191 e. The highest BCUT2D eigenvalue weighted by Crippen LogP contribution is 2.17. The number of guanidine groups is 1. The van der Waals surface area contributed by atoms with Crippen molar-refractivity contribution in [1.29, 1.82) is 0 Å². The number of halogens is 1. The lowest BCUT2D eigenvalue weighted by Crippen LogP contribution is -2.39. The molecule has 0 aromatic carbocycles. The van der Waals surface area contributed by atoms with Crippen molar-refractivity contribution in [2.75, 3.05) is 31.1 Å². The molecule has 0 saturated heterocycles. The Morgan fingerprint density at radius 1 is 1.19 bits per heavy atom. The van der Waals surface area contributed by atoms with Gasteiger partial charge in [0.2, 0.25) is 0 Å². The lowest BCUT2D eigenvalue weighted by molar-refractivity contribution is 0.701. The molecule has 2 aromatic heterocycles. The first-order valence-electron chi connectivity index (χ1n) is 9.42. The molecule has 5 nitrogen and oxygen atoms in total. The lowest BCUT2D eigenvalue weighted by atomic mass is 10.1. The fourth-order valence-electron chi connectivity index (χ4n) is 2.68. The van der Waals surface area contributed by atoms with Gasteiger partial charge >= 0.3 is 0 Å². The van der Waals surface area contributed by atoms with Gasteiger partial charge in [-0.2, -0.15) is 11.3 Å². The quantitative estimate of drug-likeness (QED) is 0.303. The normalized spacial score (nSPS) is 12.2. The summed E-state index contributed by atoms with van der Waals surface area (Å²) in [7, 11) is 0. The van der Waals surface area contributed by atoms with E-state index in [1.807, 2.05) is 6.20 Å². The van der Waals surface area contributed by atoms with Gasteiger partial charge < -0.3 is 15.5 Å². The summed E-state index contributed by atoms with van der Waals surface area (Å²) in [5.41, 5.74) is 2.48. The van der Waals surface area contributed by atoms with Gasteiger partial charge in [-0.3, -0.25) is 0 Å². The van der Waals surface area contributed by atoms with Crippen molar-refractivity contribution in [1.82, 2.24) is 15.6 Å². The van der Waals surface area contributed by atoms with Gasteiger partial charge in [0.25, 0.3) is 0 Å². The van der Waals surface area contributed by atoms with E-state index in [0.717, 1.165) is 43.5 Å². The van der Waals surface area contributed by atoms with Crippen LogP contribution in [0.25, 0.3) is 0 Å². The van der Waals surface area contributed by atoms with E-state index in [2.05, 4.69) is 77.2 Å². The molecular formula is C20H32IN5S. The second-order valence-corrected chi connectivity index (χ2v) is 7.01. The van der Waals surface area contributed by atoms with Crippen LogP contribution in [0.3, 0.4) is 0 Å². The first-order valence-corrected chi connectivity index (χ1v) is 10.4. The summed E-state index contributed by atoms with van der Waals surface area (Å²) >= 11 is 1.74. The third-order valence-electron chi connectivity index (χ3n) is 4.35. The minimum atomic E-state index is 0. The molecule has 1 unspecified atom stereocenters. The second kappa shape index (κ2) is 12.9. The molecule has 1 atom stereocenters. The van der Waals surface area contributed by atoms with Crippen molar-refractivity contribution in [3.05, 3.63) is 46.3 Å². The van der Waals surface area contributed by atoms with Crippen LogP contribution in [0.15, 0.2) is 40.1 Å². The van der Waals surface area contributed by atoms with Gasteiger partial charge in [-0.25, -0.2) is 9.98 Å². The molecule has 2 heterocycles. The average Bonchev–Trinajstić information content (AvgIpc) is 3.20. The van der Waals surface area contributed by atoms with Gasteiger partial charge in [0.05, 0.1) is 6.54 Å². The highest BCUT2D eigenvalue weighted by atomic mass is 127. The molecule has 150 valence electrons. The molecule has 0 aliphatic heterocycles. The highest BCUT2D eigenvalue weighted by molar-refractivity contribution is 14.0. The van der Waals surface area contributed by atoms with E-state index in [4.69, 9.17) is 4.99 Å². The fraction of sp³-hybridized carbons (Fsp3) is 0.500. The van der Waals surface area contributed by atoms with E-state index in [1.165, 1.54) is 5.56 Å². The highest BCUT2D eigenvalue weighted by Gasteiger charge is 2.07. The largest absolute Gasteiger partial charge is 0.357 e. The van der Waals surface area contributed by atoms with E-state index in [9.17, 15) is 0 Å². The fourth-order valence-corrected chi connectivity index (χ4v) is 3.46. The topological polar surface area (TPSA) is 52.6 Å². The summed E-state index contributed by atoms with van der Waals surface area (Å²) in [5.74, 6) is 2.33. The molecule has 2 N–H and O–H groups in total. The smallest absolute Gasteiger partial charge is 0.191 e. The maximum atomic E-state index is 4.70. The molecule has 0 amide bonds. The zero-order chi connectivity index (χ0) is 18.8. The van der Waals surface area contributed by atoms with Crippen molar-refractivity contribution >= 4 is 47.1 Å². The Bertz CT molecular complexity index is 654. The summed E-state index contributed by atoms with van der Waals surface area (Å²) in [5, 5.41) is 11.1. The summed E-state index contributed by atoms with van der Waals surface area (Å²) < 4.78 is 0. The molecular weight excluding hydrogens is 469 g/mol. The van der Waals surface area contributed by atoms with E-state index < -0.39 is 0 Å². The number of rotatable bonds is 9. The summed E-state index contributed by atoms with van der Waals surface area (Å²) in [6.45, 7) is 12.9. The molecule has 2 rings (SSSR count). The standard InChI is InChI=1S/C20H31N5S.HI/c1-5-21-20(23-12-16(4)18-10-11-26-15-18)24-14-17-8-9-19(22-13-17)25(6-2)7-3;/h8-11,13,15-16H,5-7,12,14H2,1-4H3,(H2,21,23,24);1H. The van der Waals surface area contributed by atoms with E-state index in [-0.39, 0.29) is 24.0 Å². The Kier molecular flexibility index (Phi) is 11.3. The maximum absolute atomic E-state index is 4.70. The summed E-state index contributed by atoms with van der Waals surface area (Å²) in [6, 6.07) is 6.38. The molecule has 0 saturated carbocycles. The predicted octanol–water partition coefficient (Wildman–Crippen LogP) is 4.47. The Balaban J connectivity index is 0.00000364. The lowest BCUT2D eigenvalue weighted by Gasteiger charge is -2.19. The number of hydrogen-bond acceptors (Lipinski definition) is 4. The minimum Gasteiger partial charge on any atom is -0.357 e. The van der Waals surface area contributed by atoms with Gasteiger partial charge in [-0.15, -0.1) is 24.0 Å². The molecule has 0 fully saturated rings. The molecule has 7 heteroatoms. The number of anilines is 1. The number of hydrogen-bond donors (Lipinski definition) is 2. The van der Waals surface area contributed by atoms with Crippen molar-refractivity contribution in [3.63, 3.8) is 0 Å². The molecule has 0 aliphatic rings. The van der Waals surface area contributed by atoms with E-state index >= 15 is 0 Å². The third kappa shape index (κ3) is 7.65. The first kappa shape index (κ1) is 23.7. The number of aliphatic imine (C=N–C) groups is 1. The molecule has 0 spiro atoms. The number of thiophene rings is 1. The van der Waals surface area contributed by atoms with Crippen molar-refractivity contribution in [3.8, 4) is 0 Å². The SMILES string of the molecule is CCNC(=NCc1ccc(N(CC)CC)nc1)NCC(C)c1ccsc1.I. The zero-order valence-electron chi connectivity index (χ0n) is 16.7. The average molecular weight is 501 g/mol. The van der Waals surface area contributed by atoms with Crippen LogP contribution >= 0.6 is 35.3 Å². The molecule has 0 radical (unpaired) electrons. The van der Waals surface area contributed by atoms with Crippen molar-refractivity contribution in [2.45, 2.75) is 40.2 Å². The van der Waals surface area contributed by atoms with Gasteiger partial charge in [-0.1, -0.05) is 13.0 Å². The summed E-state index contributed by atoms with van der Waals surface area (Å²) in [6.07, 6.45) is 1.93. The number of aromatic nitrogens is 1. The summed E-state index contributed by atoms with van der Waals surface area (Å²) in [4.78, 5) is 11.5. The molecule has 2 aromatic rings. The predicted molar refractivity (Wildman–Crippen MR) is 129 cm³/mol. The second-order valence-electron chi connectivity index (χ2n) is 6.23. The third-order valence-corrected chi connectivity index (χ3v) is 5.05. The van der Waals surface area contributed by atoms with Gasteiger partial charge in [0.1, 0.15) is 5.82 Å². The molecule has 27 heavy (non-hydrogen) atoms. The molecule has 0 bridgehead atoms. The Labute approximate surface area is 184 Å². The van der Waals surface area contributed by atoms with Crippen LogP contribution in [-0.4, -0.2) is 37.1 Å². The Hall–Kier alpha value is -1.35. The van der Waals surface area contributed by atoms with Crippen LogP contribution < -0.4 is 15.5 Å². The van der Waals surface area contributed by atoms with Crippen LogP contribution in [0, 0.1) is 0 Å². The van der Waals surface area contributed by atoms with Crippen LogP contribution in [0.2, 0.25) is 0 Å². The first-order chi connectivity index (χ1) is 12.7. The Morgan fingerprint density at radius 3 is 2.52 bits per heavy atom. The van der Waals surface area contributed by atoms with Gasteiger partial charge in [0.15, 0.2) is 5.96 Å². The van der Waals surface area contributed by atoms with Crippen LogP contribution in [0.4, 0.5) is 5.82 Å². The number of pyridine rings is 1. The van der Waals surface area contributed by atoms with Crippen LogP contribution in [0.5, 0.6) is 0 Å². The number of nitrogens with one attached hydrogen (secondary N) is 2. The van der Waals surface area contributed by atoms with Gasteiger partial charge in [0, 0.05) is 32.4 Å². The van der Waals surface area contributed by atoms with Crippen molar-refractivity contribution in [2.24, 2.45) is 4.99 Å². The molecule has 0 aliphatic carbocycles. The van der Waals surface area contributed by atoms with Gasteiger partial charge in [-0.05, 0) is 60.7 Å². The number of nitrogens with zero attached hydrogens (tertiary/aromatic N) is 3. The van der Waals surface area contributed by atoms with E-state index in [0.29, 0.717) is 12.5 Å². The van der Waals surface area contributed by atoms with E-state index in [1.54, 1.807) is 11.3 Å². The van der Waals surface area contributed by atoms with Crippen LogP contribution in [-0.2, 0) is 6.54 Å². The zero-order valence-corrected chi connectivity index (χ0v) is 19.9. The van der Waals surface area contributed by atoms with Crippen molar-refractivity contribution < 1.29 is 0 Å². The monoisotopic (exact) mass is 501 g/mol. The van der Waals surface area contributed by atoms with Crippen LogP contribution in [0.1, 0.15) is 44.7 Å².